The van der Waals surface area contributed by atoms with E-state index in [9.17, 15) is 4.39 Å². The number of nitrogen functional groups attached to an aromatic ring is 1. The van der Waals surface area contributed by atoms with E-state index in [0.717, 1.165) is 4.90 Å². The summed E-state index contributed by atoms with van der Waals surface area (Å²) < 4.78 is 14.0. The number of amidine groups is 1. The van der Waals surface area contributed by atoms with E-state index in [1.165, 1.54) is 23.4 Å². The maximum Gasteiger partial charge on any atom is 0.137 e. The van der Waals surface area contributed by atoms with Gasteiger partial charge in [-0.2, -0.15) is 0 Å². The highest BCUT2D eigenvalue weighted by atomic mass is 32.2. The number of nitrogens with two attached hydrogens (primary N) is 1. The molecule has 4 heteroatoms. The van der Waals surface area contributed by atoms with Gasteiger partial charge in [0.1, 0.15) is 11.7 Å². The zero-order valence-electron chi connectivity index (χ0n) is 12.4. The number of hydrogen-bond acceptors (Lipinski definition) is 2. The molecule has 2 nitrogen and oxygen atoms in total. The van der Waals surface area contributed by atoms with Crippen LogP contribution in [0.5, 0.6) is 0 Å². The van der Waals surface area contributed by atoms with E-state index in [1.54, 1.807) is 12.1 Å². The summed E-state index contributed by atoms with van der Waals surface area (Å²) in [6.45, 7) is 6.49. The van der Waals surface area contributed by atoms with E-state index in [4.69, 9.17) is 11.1 Å². The molecule has 21 heavy (non-hydrogen) atoms. The van der Waals surface area contributed by atoms with E-state index in [2.05, 4.69) is 32.9 Å². The molecule has 0 aliphatic heterocycles. The quantitative estimate of drug-likeness (QED) is 0.645. The Morgan fingerprint density at radius 2 is 1.71 bits per heavy atom. The van der Waals surface area contributed by atoms with Crippen molar-refractivity contribution >= 4 is 17.6 Å². The van der Waals surface area contributed by atoms with Crippen LogP contribution >= 0.6 is 11.8 Å². The van der Waals surface area contributed by atoms with Crippen molar-refractivity contribution in [2.24, 2.45) is 5.73 Å². The number of rotatable bonds is 3. The Morgan fingerprint density at radius 1 is 1.10 bits per heavy atom. The van der Waals surface area contributed by atoms with Crippen LogP contribution < -0.4 is 5.73 Å². The van der Waals surface area contributed by atoms with Gasteiger partial charge in [-0.05, 0) is 41.3 Å². The second kappa shape index (κ2) is 5.90. The summed E-state index contributed by atoms with van der Waals surface area (Å²) in [6.07, 6.45) is 0. The van der Waals surface area contributed by atoms with Crippen LogP contribution in [0.2, 0.25) is 0 Å². The lowest BCUT2D eigenvalue weighted by atomic mass is 9.87. The Labute approximate surface area is 129 Å². The molecule has 110 valence electrons. The monoisotopic (exact) mass is 302 g/mol. The first-order valence-electron chi connectivity index (χ1n) is 6.70. The predicted octanol–water partition coefficient (Wildman–Crippen LogP) is 4.56. The van der Waals surface area contributed by atoms with Crippen LogP contribution in [0.25, 0.3) is 0 Å². The Bertz CT molecular complexity index is 657. The van der Waals surface area contributed by atoms with Crippen molar-refractivity contribution in [3.8, 4) is 0 Å². The van der Waals surface area contributed by atoms with Gasteiger partial charge < -0.3 is 5.73 Å². The molecule has 2 rings (SSSR count). The molecular weight excluding hydrogens is 283 g/mol. The van der Waals surface area contributed by atoms with Crippen molar-refractivity contribution in [3.05, 3.63) is 59.4 Å². The average Bonchev–Trinajstić information content (AvgIpc) is 2.40. The van der Waals surface area contributed by atoms with Crippen LogP contribution in [0.3, 0.4) is 0 Å². The van der Waals surface area contributed by atoms with Crippen LogP contribution in [0.4, 0.5) is 4.39 Å². The number of nitrogens with one attached hydrogen (secondary N) is 1. The molecule has 0 saturated heterocycles. The molecule has 0 aromatic heterocycles. The Balaban J connectivity index is 2.20. The highest BCUT2D eigenvalue weighted by molar-refractivity contribution is 7.99. The van der Waals surface area contributed by atoms with E-state index >= 15 is 0 Å². The molecule has 3 N–H and O–H groups in total. The lowest BCUT2D eigenvalue weighted by Gasteiger charge is -2.19. The van der Waals surface area contributed by atoms with Crippen molar-refractivity contribution in [1.29, 1.82) is 5.41 Å². The van der Waals surface area contributed by atoms with Gasteiger partial charge >= 0.3 is 0 Å². The Kier molecular flexibility index (Phi) is 4.37. The molecule has 0 atom stereocenters. The molecule has 0 bridgehead atoms. The molecule has 0 heterocycles. The first-order valence-corrected chi connectivity index (χ1v) is 7.51. The van der Waals surface area contributed by atoms with Crippen LogP contribution in [0.1, 0.15) is 31.9 Å². The van der Waals surface area contributed by atoms with Crippen molar-refractivity contribution < 1.29 is 4.39 Å². The third-order valence-corrected chi connectivity index (χ3v) is 4.25. The van der Waals surface area contributed by atoms with E-state index in [-0.39, 0.29) is 17.1 Å². The SMILES string of the molecule is CC(C)(C)c1ccc(Sc2ccc(C(=N)N)cc2F)cc1. The van der Waals surface area contributed by atoms with Gasteiger partial charge in [0.2, 0.25) is 0 Å². The fourth-order valence-corrected chi connectivity index (χ4v) is 2.72. The first-order chi connectivity index (χ1) is 9.77. The molecule has 2 aromatic rings. The summed E-state index contributed by atoms with van der Waals surface area (Å²) in [6, 6.07) is 12.8. The zero-order valence-corrected chi connectivity index (χ0v) is 13.2. The maximum absolute atomic E-state index is 14.0. The largest absolute Gasteiger partial charge is 0.384 e. The molecular formula is C17H19FN2S. The number of halogens is 1. The van der Waals surface area contributed by atoms with Crippen LogP contribution in [0.15, 0.2) is 52.3 Å². The number of hydrogen-bond donors (Lipinski definition) is 2. The minimum atomic E-state index is -0.354. The van der Waals surface area contributed by atoms with Gasteiger partial charge in [0.05, 0.1) is 0 Å². The molecule has 0 radical (unpaired) electrons. The van der Waals surface area contributed by atoms with Gasteiger partial charge in [-0.25, -0.2) is 4.39 Å². The van der Waals surface area contributed by atoms with Gasteiger partial charge in [-0.15, -0.1) is 0 Å². The summed E-state index contributed by atoms with van der Waals surface area (Å²) in [5, 5.41) is 7.31. The Hall–Kier alpha value is -1.81. The highest BCUT2D eigenvalue weighted by Crippen LogP contribution is 2.32. The molecule has 0 saturated carbocycles. The minimum Gasteiger partial charge on any atom is -0.384 e. The normalized spacial score (nSPS) is 11.4. The van der Waals surface area contributed by atoms with Gasteiger partial charge in [0, 0.05) is 15.4 Å². The lowest BCUT2D eigenvalue weighted by molar-refractivity contribution is 0.589. The summed E-state index contributed by atoms with van der Waals surface area (Å²) in [5.74, 6) is -0.479. The van der Waals surface area contributed by atoms with Crippen molar-refractivity contribution in [1.82, 2.24) is 0 Å². The van der Waals surface area contributed by atoms with Gasteiger partial charge in [-0.1, -0.05) is 44.7 Å². The highest BCUT2D eigenvalue weighted by Gasteiger charge is 2.13. The summed E-state index contributed by atoms with van der Waals surface area (Å²) >= 11 is 1.37. The summed E-state index contributed by atoms with van der Waals surface area (Å²) in [7, 11) is 0. The zero-order chi connectivity index (χ0) is 15.6. The number of benzene rings is 2. The van der Waals surface area contributed by atoms with E-state index in [0.29, 0.717) is 10.5 Å². The fraction of sp³-hybridized carbons (Fsp3) is 0.235. The van der Waals surface area contributed by atoms with Crippen LogP contribution in [-0.2, 0) is 5.41 Å². The molecule has 0 fully saturated rings. The first kappa shape index (κ1) is 15.6. The van der Waals surface area contributed by atoms with E-state index < -0.39 is 0 Å². The maximum atomic E-state index is 14.0. The van der Waals surface area contributed by atoms with Gasteiger partial charge in [-0.3, -0.25) is 5.41 Å². The smallest absolute Gasteiger partial charge is 0.137 e. The van der Waals surface area contributed by atoms with E-state index in [1.807, 2.05) is 12.1 Å². The Morgan fingerprint density at radius 3 is 2.19 bits per heavy atom. The predicted molar refractivity (Wildman–Crippen MR) is 86.7 cm³/mol. The average molecular weight is 302 g/mol. The minimum absolute atomic E-state index is 0.109. The topological polar surface area (TPSA) is 49.9 Å². The summed E-state index contributed by atoms with van der Waals surface area (Å²) in [5.41, 5.74) is 7.11. The van der Waals surface area contributed by atoms with Crippen molar-refractivity contribution in [3.63, 3.8) is 0 Å². The molecule has 2 aromatic carbocycles. The van der Waals surface area contributed by atoms with Crippen molar-refractivity contribution in [2.75, 3.05) is 0 Å². The van der Waals surface area contributed by atoms with Gasteiger partial charge in [0.15, 0.2) is 0 Å². The third-order valence-electron chi connectivity index (χ3n) is 3.19. The second-order valence-corrected chi connectivity index (χ2v) is 7.05. The standard InChI is InChI=1S/C17H19FN2S/c1-17(2,3)12-5-7-13(8-6-12)21-15-9-4-11(16(19)20)10-14(15)18/h4-10H,1-3H3,(H3,19,20). The van der Waals surface area contributed by atoms with Crippen LogP contribution in [0, 0.1) is 11.2 Å². The molecule has 0 aliphatic rings. The lowest BCUT2D eigenvalue weighted by Crippen LogP contribution is -2.11. The third kappa shape index (κ3) is 3.85. The second-order valence-electron chi connectivity index (χ2n) is 5.94. The van der Waals surface area contributed by atoms with Crippen LogP contribution in [-0.4, -0.2) is 5.84 Å². The summed E-state index contributed by atoms with van der Waals surface area (Å²) in [4.78, 5) is 1.51. The van der Waals surface area contributed by atoms with Gasteiger partial charge in [0.25, 0.3) is 0 Å². The molecule has 0 unspecified atom stereocenters. The fourth-order valence-electron chi connectivity index (χ4n) is 1.90. The van der Waals surface area contributed by atoms with Crippen molar-refractivity contribution in [2.45, 2.75) is 36.0 Å². The molecule has 0 aliphatic carbocycles. The molecule has 0 spiro atoms. The molecule has 0 amide bonds.